The molecule has 1 aromatic carbocycles. The van der Waals surface area contributed by atoms with E-state index in [1.165, 1.54) is 0 Å². The summed E-state index contributed by atoms with van der Waals surface area (Å²) in [7, 11) is 0. The molecule has 2 atom stereocenters. The number of alkyl halides is 1. The summed E-state index contributed by atoms with van der Waals surface area (Å²) < 4.78 is 0. The Morgan fingerprint density at radius 3 is 2.72 bits per heavy atom. The maximum absolute atomic E-state index is 12.5. The summed E-state index contributed by atoms with van der Waals surface area (Å²) in [6.45, 7) is 2.21. The van der Waals surface area contributed by atoms with Crippen LogP contribution in [0.2, 0.25) is 0 Å². The molecular formula is C14H16ClNO2. The predicted molar refractivity (Wildman–Crippen MR) is 70.8 cm³/mol. The Hall–Kier alpha value is -1.35. The number of rotatable bonds is 2. The lowest BCUT2D eigenvalue weighted by atomic mass is 9.78. The topological polar surface area (TPSA) is 46.2 Å². The lowest BCUT2D eigenvalue weighted by Crippen LogP contribution is -2.43. The van der Waals surface area contributed by atoms with Gasteiger partial charge in [-0.25, -0.2) is 0 Å². The van der Waals surface area contributed by atoms with Gasteiger partial charge in [0.25, 0.3) is 0 Å². The van der Waals surface area contributed by atoms with E-state index in [9.17, 15) is 9.59 Å². The molecule has 1 heterocycles. The third-order valence-electron chi connectivity index (χ3n) is 3.41. The van der Waals surface area contributed by atoms with Crippen molar-refractivity contribution in [2.24, 2.45) is 5.41 Å². The normalized spacial score (nSPS) is 28.3. The van der Waals surface area contributed by atoms with Crippen molar-refractivity contribution in [3.8, 4) is 0 Å². The fourth-order valence-electron chi connectivity index (χ4n) is 2.28. The molecule has 1 N–H and O–H groups in total. The van der Waals surface area contributed by atoms with Crippen molar-refractivity contribution in [1.29, 1.82) is 0 Å². The van der Waals surface area contributed by atoms with Crippen LogP contribution >= 0.6 is 11.6 Å². The van der Waals surface area contributed by atoms with E-state index in [0.29, 0.717) is 24.9 Å². The zero-order valence-corrected chi connectivity index (χ0v) is 11.0. The van der Waals surface area contributed by atoms with E-state index in [1.807, 2.05) is 6.07 Å². The quantitative estimate of drug-likeness (QED) is 0.507. The van der Waals surface area contributed by atoms with Gasteiger partial charge >= 0.3 is 0 Å². The zero-order chi connectivity index (χ0) is 13.2. The molecule has 3 nitrogen and oxygen atoms in total. The average molecular weight is 266 g/mol. The molecule has 2 unspecified atom stereocenters. The highest BCUT2D eigenvalue weighted by Gasteiger charge is 2.44. The van der Waals surface area contributed by atoms with Crippen LogP contribution in [0.5, 0.6) is 0 Å². The minimum atomic E-state index is -1.07. The van der Waals surface area contributed by atoms with Gasteiger partial charge in [0.05, 0.1) is 0 Å². The summed E-state index contributed by atoms with van der Waals surface area (Å²) >= 11 is 6.16. The van der Waals surface area contributed by atoms with E-state index in [2.05, 4.69) is 5.32 Å². The molecular weight excluding hydrogens is 250 g/mol. The van der Waals surface area contributed by atoms with Crippen LogP contribution in [0, 0.1) is 5.41 Å². The van der Waals surface area contributed by atoms with E-state index >= 15 is 0 Å². The van der Waals surface area contributed by atoms with Crippen LogP contribution in [0.15, 0.2) is 30.3 Å². The van der Waals surface area contributed by atoms with Crippen LogP contribution in [0.1, 0.15) is 30.1 Å². The number of hydrogen-bond donors (Lipinski definition) is 1. The number of carbonyl (C=O) groups is 2. The molecule has 1 aliphatic rings. The second-order valence-corrected chi connectivity index (χ2v) is 5.49. The van der Waals surface area contributed by atoms with Gasteiger partial charge in [-0.3, -0.25) is 9.59 Å². The smallest absolute Gasteiger partial charge is 0.233 e. The van der Waals surface area contributed by atoms with Gasteiger partial charge in [-0.15, -0.1) is 11.6 Å². The number of benzene rings is 1. The van der Waals surface area contributed by atoms with Crippen LogP contribution in [-0.2, 0) is 4.79 Å². The first kappa shape index (κ1) is 13.1. The van der Waals surface area contributed by atoms with Crippen molar-refractivity contribution >= 4 is 23.3 Å². The summed E-state index contributed by atoms with van der Waals surface area (Å²) in [4.78, 5) is 24.6. The molecule has 1 saturated heterocycles. The second kappa shape index (κ2) is 5.11. The highest BCUT2D eigenvalue weighted by Crippen LogP contribution is 2.33. The SMILES string of the molecule is CC1(C(=O)c2ccccc2)CC(Cl)CCNC1=O. The zero-order valence-electron chi connectivity index (χ0n) is 10.3. The fraction of sp³-hybridized carbons (Fsp3) is 0.429. The van der Waals surface area contributed by atoms with Crippen molar-refractivity contribution in [2.45, 2.75) is 25.1 Å². The first-order chi connectivity index (χ1) is 8.54. The van der Waals surface area contributed by atoms with Crippen molar-refractivity contribution in [3.63, 3.8) is 0 Å². The third-order valence-corrected chi connectivity index (χ3v) is 3.78. The standard InChI is InChI=1S/C14H16ClNO2/c1-14(9-11(15)7-8-16-13(14)18)12(17)10-5-3-2-4-6-10/h2-6,11H,7-9H2,1H3,(H,16,18). The number of Topliss-reactive ketones (excluding diaryl/α,β-unsaturated/α-hetero) is 1. The van der Waals surface area contributed by atoms with Gasteiger partial charge in [-0.1, -0.05) is 30.3 Å². The molecule has 96 valence electrons. The number of ketones is 1. The van der Waals surface area contributed by atoms with Crippen LogP contribution in [0.3, 0.4) is 0 Å². The third kappa shape index (κ3) is 2.41. The van der Waals surface area contributed by atoms with Gasteiger partial charge in [-0.05, 0) is 19.8 Å². The number of nitrogens with one attached hydrogen (secondary N) is 1. The Morgan fingerprint density at radius 1 is 1.39 bits per heavy atom. The van der Waals surface area contributed by atoms with Crippen molar-refractivity contribution < 1.29 is 9.59 Å². The van der Waals surface area contributed by atoms with Gasteiger partial charge in [0, 0.05) is 17.5 Å². The average Bonchev–Trinajstić information content (AvgIpc) is 2.50. The molecule has 1 amide bonds. The van der Waals surface area contributed by atoms with Crippen molar-refractivity contribution in [2.75, 3.05) is 6.54 Å². The summed E-state index contributed by atoms with van der Waals surface area (Å²) in [5.74, 6) is -0.382. The molecule has 0 saturated carbocycles. The van der Waals surface area contributed by atoms with E-state index in [1.54, 1.807) is 31.2 Å². The Bertz CT molecular complexity index is 460. The molecule has 0 radical (unpaired) electrons. The summed E-state index contributed by atoms with van der Waals surface area (Å²) in [5, 5.41) is 2.62. The largest absolute Gasteiger partial charge is 0.355 e. The first-order valence-corrected chi connectivity index (χ1v) is 6.50. The van der Waals surface area contributed by atoms with E-state index in [4.69, 9.17) is 11.6 Å². The summed E-state index contributed by atoms with van der Waals surface area (Å²) in [5.41, 5.74) is -0.509. The van der Waals surface area contributed by atoms with Crippen LogP contribution in [-0.4, -0.2) is 23.6 Å². The van der Waals surface area contributed by atoms with Crippen LogP contribution in [0.25, 0.3) is 0 Å². The minimum Gasteiger partial charge on any atom is -0.355 e. The predicted octanol–water partition coefficient (Wildman–Crippen LogP) is 2.39. The van der Waals surface area contributed by atoms with E-state index in [-0.39, 0.29) is 17.1 Å². The number of amides is 1. The molecule has 4 heteroatoms. The Morgan fingerprint density at radius 2 is 2.06 bits per heavy atom. The number of halogens is 1. The molecule has 1 fully saturated rings. The van der Waals surface area contributed by atoms with E-state index in [0.717, 1.165) is 0 Å². The van der Waals surface area contributed by atoms with Gasteiger partial charge in [0.1, 0.15) is 5.41 Å². The van der Waals surface area contributed by atoms with Gasteiger partial charge in [-0.2, -0.15) is 0 Å². The van der Waals surface area contributed by atoms with Crippen molar-refractivity contribution in [1.82, 2.24) is 5.32 Å². The lowest BCUT2D eigenvalue weighted by molar-refractivity contribution is -0.127. The number of carbonyl (C=O) groups excluding carboxylic acids is 2. The Kier molecular flexibility index (Phi) is 3.71. The summed E-state index contributed by atoms with van der Waals surface area (Å²) in [6.07, 6.45) is 1.08. The lowest BCUT2D eigenvalue weighted by Gasteiger charge is -2.25. The highest BCUT2D eigenvalue weighted by atomic mass is 35.5. The Balaban J connectivity index is 2.33. The first-order valence-electron chi connectivity index (χ1n) is 6.06. The summed E-state index contributed by atoms with van der Waals surface area (Å²) in [6, 6.07) is 8.90. The molecule has 0 aromatic heterocycles. The van der Waals surface area contributed by atoms with Crippen molar-refractivity contribution in [3.05, 3.63) is 35.9 Å². The molecule has 0 bridgehead atoms. The van der Waals surface area contributed by atoms with Gasteiger partial charge < -0.3 is 5.32 Å². The second-order valence-electron chi connectivity index (χ2n) is 4.87. The highest BCUT2D eigenvalue weighted by molar-refractivity contribution is 6.22. The monoisotopic (exact) mass is 265 g/mol. The molecule has 1 aliphatic heterocycles. The molecule has 18 heavy (non-hydrogen) atoms. The maximum Gasteiger partial charge on any atom is 0.233 e. The van der Waals surface area contributed by atoms with Gasteiger partial charge in [0.15, 0.2) is 5.78 Å². The maximum atomic E-state index is 12.5. The fourth-order valence-corrected chi connectivity index (χ4v) is 2.70. The van der Waals surface area contributed by atoms with Crippen LogP contribution in [0.4, 0.5) is 0 Å². The molecule has 2 rings (SSSR count). The van der Waals surface area contributed by atoms with E-state index < -0.39 is 5.41 Å². The molecule has 1 aromatic rings. The molecule has 0 aliphatic carbocycles. The van der Waals surface area contributed by atoms with Crippen LogP contribution < -0.4 is 5.32 Å². The Labute approximate surface area is 112 Å². The number of hydrogen-bond acceptors (Lipinski definition) is 2. The molecule has 0 spiro atoms. The van der Waals surface area contributed by atoms with Gasteiger partial charge in [0.2, 0.25) is 5.91 Å². The minimum absolute atomic E-state index is 0.151.